The van der Waals surface area contributed by atoms with Crippen molar-refractivity contribution >= 4 is 11.6 Å². The highest BCUT2D eigenvalue weighted by molar-refractivity contribution is 5.95. The van der Waals surface area contributed by atoms with E-state index < -0.39 is 0 Å². The number of aromatic nitrogens is 1. The van der Waals surface area contributed by atoms with Crippen molar-refractivity contribution in [3.8, 4) is 11.5 Å². The summed E-state index contributed by atoms with van der Waals surface area (Å²) in [7, 11) is 0. The third-order valence-corrected chi connectivity index (χ3v) is 3.59. The number of pyridine rings is 1. The molecule has 2 aromatic carbocycles. The SMILES string of the molecule is C1=C(c2cccnc2)c2ccccc2Oc2ccccc21. The lowest BCUT2D eigenvalue weighted by Crippen LogP contribution is -1.90. The lowest BCUT2D eigenvalue weighted by Gasteiger charge is -2.10. The highest BCUT2D eigenvalue weighted by atomic mass is 16.5. The van der Waals surface area contributed by atoms with Crippen molar-refractivity contribution in [2.45, 2.75) is 0 Å². The van der Waals surface area contributed by atoms with Gasteiger partial charge in [0.1, 0.15) is 11.5 Å². The summed E-state index contributed by atoms with van der Waals surface area (Å²) >= 11 is 0. The fourth-order valence-corrected chi connectivity index (χ4v) is 2.58. The molecule has 1 aromatic heterocycles. The fraction of sp³-hybridized carbons (Fsp3) is 0. The molecule has 0 atom stereocenters. The first-order valence-electron chi connectivity index (χ1n) is 6.90. The third-order valence-electron chi connectivity index (χ3n) is 3.59. The van der Waals surface area contributed by atoms with Gasteiger partial charge < -0.3 is 4.74 Å². The largest absolute Gasteiger partial charge is 0.456 e. The first kappa shape index (κ1) is 11.9. The number of para-hydroxylation sites is 2. The van der Waals surface area contributed by atoms with Gasteiger partial charge in [-0.2, -0.15) is 0 Å². The van der Waals surface area contributed by atoms with Crippen LogP contribution in [0.1, 0.15) is 16.7 Å². The van der Waals surface area contributed by atoms with E-state index in [1.165, 1.54) is 0 Å². The van der Waals surface area contributed by atoms with Crippen molar-refractivity contribution in [2.75, 3.05) is 0 Å². The van der Waals surface area contributed by atoms with E-state index in [0.717, 1.165) is 33.8 Å². The Bertz CT molecular complexity index is 822. The van der Waals surface area contributed by atoms with Crippen LogP contribution in [-0.4, -0.2) is 4.98 Å². The Morgan fingerprint density at radius 3 is 2.43 bits per heavy atom. The van der Waals surface area contributed by atoms with Crippen LogP contribution >= 0.6 is 0 Å². The molecule has 1 aliphatic rings. The average Bonchev–Trinajstić information content (AvgIpc) is 2.72. The van der Waals surface area contributed by atoms with Crippen LogP contribution in [0.5, 0.6) is 11.5 Å². The van der Waals surface area contributed by atoms with E-state index >= 15 is 0 Å². The molecular formula is C19H13NO. The standard InChI is InChI=1S/C19H13NO/c1-3-9-18-14(6-1)12-17(15-7-5-11-20-13-15)16-8-2-4-10-19(16)21-18/h1-13H. The number of fused-ring (bicyclic) bond motifs is 2. The van der Waals surface area contributed by atoms with Crippen molar-refractivity contribution in [3.05, 3.63) is 89.7 Å². The van der Waals surface area contributed by atoms with Gasteiger partial charge in [-0.05, 0) is 29.8 Å². The van der Waals surface area contributed by atoms with Crippen LogP contribution < -0.4 is 4.74 Å². The maximum absolute atomic E-state index is 6.08. The van der Waals surface area contributed by atoms with Crippen molar-refractivity contribution in [2.24, 2.45) is 0 Å². The van der Waals surface area contributed by atoms with Crippen molar-refractivity contribution in [3.63, 3.8) is 0 Å². The topological polar surface area (TPSA) is 22.1 Å². The second-order valence-electron chi connectivity index (χ2n) is 4.94. The molecule has 0 fully saturated rings. The summed E-state index contributed by atoms with van der Waals surface area (Å²) in [4.78, 5) is 4.24. The summed E-state index contributed by atoms with van der Waals surface area (Å²) in [6.45, 7) is 0. The Morgan fingerprint density at radius 2 is 1.57 bits per heavy atom. The molecule has 21 heavy (non-hydrogen) atoms. The summed E-state index contributed by atoms with van der Waals surface area (Å²) in [5.74, 6) is 1.75. The number of rotatable bonds is 1. The minimum atomic E-state index is 0.873. The van der Waals surface area contributed by atoms with E-state index in [9.17, 15) is 0 Å². The van der Waals surface area contributed by atoms with E-state index in [2.05, 4.69) is 29.3 Å². The molecule has 0 unspecified atom stereocenters. The molecule has 1 aliphatic heterocycles. The Morgan fingerprint density at radius 1 is 0.762 bits per heavy atom. The molecule has 0 spiro atoms. The van der Waals surface area contributed by atoms with Gasteiger partial charge >= 0.3 is 0 Å². The first-order valence-corrected chi connectivity index (χ1v) is 6.90. The molecule has 2 heteroatoms. The molecule has 4 rings (SSSR count). The van der Waals surface area contributed by atoms with Crippen LogP contribution in [0.2, 0.25) is 0 Å². The normalized spacial score (nSPS) is 12.5. The summed E-state index contributed by atoms with van der Waals surface area (Å²) in [6.07, 6.45) is 5.84. The summed E-state index contributed by atoms with van der Waals surface area (Å²) in [5, 5.41) is 0. The molecule has 2 nitrogen and oxygen atoms in total. The van der Waals surface area contributed by atoms with Gasteiger partial charge in [-0.3, -0.25) is 4.98 Å². The quantitative estimate of drug-likeness (QED) is 0.497. The first-order chi connectivity index (χ1) is 10.4. The predicted molar refractivity (Wildman–Crippen MR) is 84.2 cm³/mol. The smallest absolute Gasteiger partial charge is 0.135 e. The molecular weight excluding hydrogens is 258 g/mol. The predicted octanol–water partition coefficient (Wildman–Crippen LogP) is 4.78. The molecule has 0 bridgehead atoms. The van der Waals surface area contributed by atoms with Crippen LogP contribution in [0.15, 0.2) is 73.1 Å². The molecule has 0 amide bonds. The monoisotopic (exact) mass is 271 g/mol. The van der Waals surface area contributed by atoms with Gasteiger partial charge in [-0.15, -0.1) is 0 Å². The lowest BCUT2D eigenvalue weighted by molar-refractivity contribution is 0.481. The van der Waals surface area contributed by atoms with Gasteiger partial charge in [0.25, 0.3) is 0 Å². The molecule has 0 saturated heterocycles. The minimum Gasteiger partial charge on any atom is -0.456 e. The third kappa shape index (κ3) is 2.11. The van der Waals surface area contributed by atoms with E-state index in [4.69, 9.17) is 4.74 Å². The molecule has 0 N–H and O–H groups in total. The van der Waals surface area contributed by atoms with E-state index in [0.29, 0.717) is 0 Å². The molecule has 100 valence electrons. The number of hydrogen-bond acceptors (Lipinski definition) is 2. The molecule has 2 heterocycles. The number of hydrogen-bond donors (Lipinski definition) is 0. The molecule has 0 radical (unpaired) electrons. The summed E-state index contributed by atoms with van der Waals surface area (Å²) in [6, 6.07) is 20.2. The van der Waals surface area contributed by atoms with E-state index in [-0.39, 0.29) is 0 Å². The van der Waals surface area contributed by atoms with E-state index in [1.54, 1.807) is 6.20 Å². The highest BCUT2D eigenvalue weighted by Gasteiger charge is 2.17. The minimum absolute atomic E-state index is 0.873. The van der Waals surface area contributed by atoms with Crippen LogP contribution in [0, 0.1) is 0 Å². The van der Waals surface area contributed by atoms with Gasteiger partial charge in [-0.25, -0.2) is 0 Å². The van der Waals surface area contributed by atoms with Gasteiger partial charge in [0, 0.05) is 29.1 Å². The molecule has 0 saturated carbocycles. The second kappa shape index (κ2) is 4.91. The Balaban J connectivity index is 2.00. The second-order valence-corrected chi connectivity index (χ2v) is 4.94. The number of ether oxygens (including phenoxy) is 1. The zero-order valence-electron chi connectivity index (χ0n) is 11.4. The number of nitrogens with zero attached hydrogens (tertiary/aromatic N) is 1. The average molecular weight is 271 g/mol. The van der Waals surface area contributed by atoms with E-state index in [1.807, 2.05) is 48.7 Å². The maximum Gasteiger partial charge on any atom is 0.135 e. The number of benzene rings is 2. The Hall–Kier alpha value is -2.87. The van der Waals surface area contributed by atoms with Crippen molar-refractivity contribution in [1.29, 1.82) is 0 Å². The zero-order valence-corrected chi connectivity index (χ0v) is 11.4. The fourth-order valence-electron chi connectivity index (χ4n) is 2.58. The van der Waals surface area contributed by atoms with Crippen LogP contribution in [0.4, 0.5) is 0 Å². The van der Waals surface area contributed by atoms with Crippen LogP contribution in [0.3, 0.4) is 0 Å². The van der Waals surface area contributed by atoms with Gasteiger partial charge in [0.05, 0.1) is 0 Å². The molecule has 0 aliphatic carbocycles. The van der Waals surface area contributed by atoms with Gasteiger partial charge in [-0.1, -0.05) is 42.5 Å². The lowest BCUT2D eigenvalue weighted by atomic mass is 9.97. The van der Waals surface area contributed by atoms with Crippen LogP contribution in [-0.2, 0) is 0 Å². The Kier molecular flexibility index (Phi) is 2.79. The van der Waals surface area contributed by atoms with Crippen molar-refractivity contribution < 1.29 is 4.74 Å². The molecule has 3 aromatic rings. The van der Waals surface area contributed by atoms with Crippen molar-refractivity contribution in [1.82, 2.24) is 4.98 Å². The highest BCUT2D eigenvalue weighted by Crippen LogP contribution is 2.40. The maximum atomic E-state index is 6.08. The van der Waals surface area contributed by atoms with Gasteiger partial charge in [0.2, 0.25) is 0 Å². The summed E-state index contributed by atoms with van der Waals surface area (Å²) < 4.78 is 6.08. The Labute approximate surface area is 123 Å². The van der Waals surface area contributed by atoms with Crippen LogP contribution in [0.25, 0.3) is 11.6 Å². The summed E-state index contributed by atoms with van der Waals surface area (Å²) in [5.41, 5.74) is 4.38. The van der Waals surface area contributed by atoms with Gasteiger partial charge in [0.15, 0.2) is 0 Å². The zero-order chi connectivity index (χ0) is 14.1.